The highest BCUT2D eigenvalue weighted by molar-refractivity contribution is 9.10. The van der Waals surface area contributed by atoms with Crippen molar-refractivity contribution < 1.29 is 14.3 Å². The van der Waals surface area contributed by atoms with E-state index in [1.54, 1.807) is 41.9 Å². The number of carbonyl (C=O) groups excluding carboxylic acids is 2. The molecular formula is C16H10BrNO3S. The number of Topliss-reactive ketones (excluding diaryl/α,β-unsaturated/α-hetero) is 1. The normalized spacial score (nSPS) is 10.6. The van der Waals surface area contributed by atoms with Crippen LogP contribution in [0.15, 0.2) is 52.4 Å². The number of hydrogen-bond donors (Lipinski definition) is 0. The predicted molar refractivity (Wildman–Crippen MR) is 88.4 cm³/mol. The second-order valence-electron chi connectivity index (χ2n) is 4.54. The summed E-state index contributed by atoms with van der Waals surface area (Å²) >= 11 is 4.75. The van der Waals surface area contributed by atoms with Gasteiger partial charge < -0.3 is 4.74 Å². The van der Waals surface area contributed by atoms with E-state index in [0.717, 1.165) is 14.7 Å². The smallest absolute Gasteiger partial charge is 0.338 e. The van der Waals surface area contributed by atoms with E-state index >= 15 is 0 Å². The Kier molecular flexibility index (Phi) is 4.31. The van der Waals surface area contributed by atoms with E-state index in [4.69, 9.17) is 4.74 Å². The van der Waals surface area contributed by atoms with E-state index in [1.165, 1.54) is 11.3 Å². The number of hydrogen-bond acceptors (Lipinski definition) is 5. The summed E-state index contributed by atoms with van der Waals surface area (Å²) < 4.78 is 6.81. The molecule has 0 amide bonds. The number of aromatic nitrogens is 1. The summed E-state index contributed by atoms with van der Waals surface area (Å²) in [5, 5.41) is 0. The van der Waals surface area contributed by atoms with Crippen LogP contribution in [0.1, 0.15) is 20.7 Å². The molecule has 0 unspecified atom stereocenters. The van der Waals surface area contributed by atoms with Crippen LogP contribution in [0.3, 0.4) is 0 Å². The van der Waals surface area contributed by atoms with Gasteiger partial charge in [0.2, 0.25) is 0 Å². The fourth-order valence-electron chi connectivity index (χ4n) is 1.94. The zero-order valence-corrected chi connectivity index (χ0v) is 13.7. The molecule has 4 nitrogen and oxygen atoms in total. The fraction of sp³-hybridized carbons (Fsp3) is 0.0625. The first-order valence-electron chi connectivity index (χ1n) is 6.42. The Morgan fingerprint density at radius 1 is 1.14 bits per heavy atom. The SMILES string of the molecule is O=C(COC(=O)c1ccc2ncsc2c1)c1cccc(Br)c1. The number of carbonyl (C=O) groups is 2. The van der Waals surface area contributed by atoms with Gasteiger partial charge >= 0.3 is 5.97 Å². The highest BCUT2D eigenvalue weighted by Crippen LogP contribution is 2.19. The van der Waals surface area contributed by atoms with Crippen molar-refractivity contribution in [2.75, 3.05) is 6.61 Å². The van der Waals surface area contributed by atoms with Crippen LogP contribution < -0.4 is 0 Å². The minimum atomic E-state index is -0.515. The van der Waals surface area contributed by atoms with Crippen molar-refractivity contribution in [2.24, 2.45) is 0 Å². The highest BCUT2D eigenvalue weighted by atomic mass is 79.9. The summed E-state index contributed by atoms with van der Waals surface area (Å²) in [6.45, 7) is -0.282. The molecule has 0 saturated carbocycles. The molecule has 0 saturated heterocycles. The second-order valence-corrected chi connectivity index (χ2v) is 6.35. The Morgan fingerprint density at radius 2 is 2.00 bits per heavy atom. The van der Waals surface area contributed by atoms with Crippen LogP contribution in [0, 0.1) is 0 Å². The van der Waals surface area contributed by atoms with Gasteiger partial charge in [-0.2, -0.15) is 0 Å². The van der Waals surface area contributed by atoms with Crippen LogP contribution >= 0.6 is 27.3 Å². The maximum Gasteiger partial charge on any atom is 0.338 e. The van der Waals surface area contributed by atoms with Gasteiger partial charge in [0.15, 0.2) is 12.4 Å². The summed E-state index contributed by atoms with van der Waals surface area (Å²) in [6.07, 6.45) is 0. The van der Waals surface area contributed by atoms with Gasteiger partial charge in [-0.15, -0.1) is 11.3 Å². The summed E-state index contributed by atoms with van der Waals surface area (Å²) in [6, 6.07) is 12.1. The standard InChI is InChI=1S/C16H10BrNO3S/c17-12-3-1-2-10(6-12)14(19)8-21-16(20)11-4-5-13-15(7-11)22-9-18-13/h1-7,9H,8H2. The topological polar surface area (TPSA) is 56.3 Å². The first-order valence-corrected chi connectivity index (χ1v) is 8.10. The van der Waals surface area contributed by atoms with Crippen molar-refractivity contribution >= 4 is 49.2 Å². The van der Waals surface area contributed by atoms with E-state index in [1.807, 2.05) is 6.07 Å². The molecule has 0 aliphatic rings. The van der Waals surface area contributed by atoms with Gasteiger partial charge in [-0.1, -0.05) is 28.1 Å². The molecule has 1 aromatic heterocycles. The van der Waals surface area contributed by atoms with Gasteiger partial charge in [-0.25, -0.2) is 9.78 Å². The summed E-state index contributed by atoms with van der Waals surface area (Å²) in [4.78, 5) is 28.2. The Labute approximate surface area is 138 Å². The molecule has 0 radical (unpaired) electrons. The van der Waals surface area contributed by atoms with E-state index in [2.05, 4.69) is 20.9 Å². The van der Waals surface area contributed by atoms with Gasteiger partial charge in [-0.05, 0) is 30.3 Å². The van der Waals surface area contributed by atoms with E-state index in [0.29, 0.717) is 11.1 Å². The number of esters is 1. The van der Waals surface area contributed by atoms with Gasteiger partial charge in [-0.3, -0.25) is 4.79 Å². The van der Waals surface area contributed by atoms with Crippen LogP contribution in [-0.4, -0.2) is 23.3 Å². The van der Waals surface area contributed by atoms with Crippen LogP contribution in [-0.2, 0) is 4.74 Å². The fourth-order valence-corrected chi connectivity index (χ4v) is 3.06. The lowest BCUT2D eigenvalue weighted by atomic mass is 10.1. The van der Waals surface area contributed by atoms with Crippen molar-refractivity contribution in [3.63, 3.8) is 0 Å². The predicted octanol–water partition coefficient (Wildman–Crippen LogP) is 4.10. The second kappa shape index (κ2) is 6.37. The van der Waals surface area contributed by atoms with Crippen molar-refractivity contribution in [3.05, 3.63) is 63.6 Å². The number of halogens is 1. The number of fused-ring (bicyclic) bond motifs is 1. The first-order chi connectivity index (χ1) is 10.6. The third-order valence-electron chi connectivity index (χ3n) is 3.05. The van der Waals surface area contributed by atoms with Crippen LogP contribution in [0.25, 0.3) is 10.2 Å². The first kappa shape index (κ1) is 14.9. The number of rotatable bonds is 4. The highest BCUT2D eigenvalue weighted by Gasteiger charge is 2.13. The average molecular weight is 376 g/mol. The molecule has 0 fully saturated rings. The largest absolute Gasteiger partial charge is 0.454 e. The molecule has 110 valence electrons. The molecule has 22 heavy (non-hydrogen) atoms. The molecule has 3 aromatic rings. The monoisotopic (exact) mass is 375 g/mol. The number of nitrogens with zero attached hydrogens (tertiary/aromatic N) is 1. The third kappa shape index (κ3) is 3.23. The molecule has 0 atom stereocenters. The zero-order valence-electron chi connectivity index (χ0n) is 11.3. The zero-order chi connectivity index (χ0) is 15.5. The Hall–Kier alpha value is -2.05. The molecule has 6 heteroatoms. The molecule has 0 aliphatic carbocycles. The van der Waals surface area contributed by atoms with Crippen LogP contribution in [0.5, 0.6) is 0 Å². The maximum absolute atomic E-state index is 12.0. The lowest BCUT2D eigenvalue weighted by Crippen LogP contribution is -2.14. The molecular weight excluding hydrogens is 366 g/mol. The summed E-state index contributed by atoms with van der Waals surface area (Å²) in [7, 11) is 0. The minimum Gasteiger partial charge on any atom is -0.454 e. The molecule has 2 aromatic carbocycles. The van der Waals surface area contributed by atoms with Crippen molar-refractivity contribution in [3.8, 4) is 0 Å². The van der Waals surface area contributed by atoms with Crippen LogP contribution in [0.4, 0.5) is 0 Å². The van der Waals surface area contributed by atoms with Gasteiger partial charge in [0, 0.05) is 10.0 Å². The Morgan fingerprint density at radius 3 is 2.82 bits per heavy atom. The molecule has 0 spiro atoms. The summed E-state index contributed by atoms with van der Waals surface area (Å²) in [5.74, 6) is -0.757. The van der Waals surface area contributed by atoms with Gasteiger partial charge in [0.05, 0.1) is 21.3 Å². The van der Waals surface area contributed by atoms with E-state index < -0.39 is 5.97 Å². The van der Waals surface area contributed by atoms with Crippen LogP contribution in [0.2, 0.25) is 0 Å². The van der Waals surface area contributed by atoms with Gasteiger partial charge in [0.1, 0.15) is 0 Å². The minimum absolute atomic E-state index is 0.242. The van der Waals surface area contributed by atoms with Crippen molar-refractivity contribution in [1.82, 2.24) is 4.98 Å². The number of ketones is 1. The lowest BCUT2D eigenvalue weighted by Gasteiger charge is -2.05. The molecule has 1 heterocycles. The number of ether oxygens (including phenoxy) is 1. The van der Waals surface area contributed by atoms with E-state index in [9.17, 15) is 9.59 Å². The Balaban J connectivity index is 1.67. The maximum atomic E-state index is 12.0. The van der Waals surface area contributed by atoms with E-state index in [-0.39, 0.29) is 12.4 Å². The molecule has 3 rings (SSSR count). The molecule has 0 bridgehead atoms. The number of benzene rings is 2. The third-order valence-corrected chi connectivity index (χ3v) is 4.33. The molecule has 0 N–H and O–H groups in total. The lowest BCUT2D eigenvalue weighted by molar-refractivity contribution is 0.0475. The molecule has 0 aliphatic heterocycles. The number of thiazole rings is 1. The average Bonchev–Trinajstić information content (AvgIpc) is 2.99. The van der Waals surface area contributed by atoms with Gasteiger partial charge in [0.25, 0.3) is 0 Å². The quantitative estimate of drug-likeness (QED) is 0.508. The van der Waals surface area contributed by atoms with Crippen molar-refractivity contribution in [2.45, 2.75) is 0 Å². The summed E-state index contributed by atoms with van der Waals surface area (Å²) in [5.41, 5.74) is 3.47. The van der Waals surface area contributed by atoms with Crippen molar-refractivity contribution in [1.29, 1.82) is 0 Å². The Bertz CT molecular complexity index is 859.